The minimum absolute atomic E-state index is 0.0754. The number of benzene rings is 2. The summed E-state index contributed by atoms with van der Waals surface area (Å²) < 4.78 is 11.7. The maximum atomic E-state index is 13.4. The maximum Gasteiger partial charge on any atom is 0.350 e. The number of thiazole rings is 1. The summed E-state index contributed by atoms with van der Waals surface area (Å²) in [5.41, 5.74) is 1.25. The van der Waals surface area contributed by atoms with E-state index in [4.69, 9.17) is 9.47 Å². The third kappa shape index (κ3) is 5.51. The molecule has 4 rings (SSSR count). The van der Waals surface area contributed by atoms with Crippen molar-refractivity contribution in [1.29, 1.82) is 0 Å². The third-order valence-electron chi connectivity index (χ3n) is 5.96. The number of Topliss-reactive ketones (excluding diaryl/α,β-unsaturated/α-hetero) is 1. The number of anilines is 1. The van der Waals surface area contributed by atoms with Crippen LogP contribution < -0.4 is 9.64 Å². The van der Waals surface area contributed by atoms with E-state index in [0.717, 1.165) is 28.7 Å². The topological polar surface area (TPSA) is 106 Å². The van der Waals surface area contributed by atoms with Crippen LogP contribution >= 0.6 is 27.3 Å². The summed E-state index contributed by atoms with van der Waals surface area (Å²) in [4.78, 5) is 45.2. The Morgan fingerprint density at radius 3 is 2.58 bits per heavy atom. The number of aryl methyl sites for hydroxylation is 1. The number of aromatic nitrogens is 1. The van der Waals surface area contributed by atoms with Crippen LogP contribution in [0.15, 0.2) is 58.6 Å². The van der Waals surface area contributed by atoms with Crippen molar-refractivity contribution in [2.24, 2.45) is 0 Å². The molecule has 198 valence electrons. The number of halogens is 1. The normalized spacial score (nSPS) is 16.6. The van der Waals surface area contributed by atoms with Crippen LogP contribution in [0.1, 0.15) is 59.2 Å². The highest BCUT2D eigenvalue weighted by Crippen LogP contribution is 2.44. The maximum absolute atomic E-state index is 13.4. The molecule has 1 amide bonds. The van der Waals surface area contributed by atoms with Crippen molar-refractivity contribution < 1.29 is 29.0 Å². The first-order valence-corrected chi connectivity index (χ1v) is 13.8. The molecule has 0 radical (unpaired) electrons. The molecule has 2 heterocycles. The number of unbranched alkanes of at least 4 members (excludes halogenated alkanes) is 1. The molecule has 38 heavy (non-hydrogen) atoms. The van der Waals surface area contributed by atoms with Crippen molar-refractivity contribution >= 4 is 55.8 Å². The Hall–Kier alpha value is -3.50. The van der Waals surface area contributed by atoms with Crippen molar-refractivity contribution in [2.75, 3.05) is 18.1 Å². The monoisotopic (exact) mass is 598 g/mol. The second-order valence-corrected chi connectivity index (χ2v) is 10.5. The van der Waals surface area contributed by atoms with Crippen LogP contribution in [-0.4, -0.2) is 41.0 Å². The molecule has 0 saturated carbocycles. The number of ether oxygens (including phenoxy) is 2. The number of esters is 1. The zero-order chi connectivity index (χ0) is 27.4. The molecular weight excluding hydrogens is 572 g/mol. The predicted octanol–water partition coefficient (Wildman–Crippen LogP) is 6.20. The van der Waals surface area contributed by atoms with Gasteiger partial charge in [0, 0.05) is 10.0 Å². The van der Waals surface area contributed by atoms with Gasteiger partial charge in [0.1, 0.15) is 16.4 Å². The Morgan fingerprint density at radius 2 is 1.89 bits per heavy atom. The number of hydrogen-bond donors (Lipinski definition) is 1. The summed E-state index contributed by atoms with van der Waals surface area (Å²) in [6.07, 6.45) is 1.86. The van der Waals surface area contributed by atoms with E-state index in [1.807, 2.05) is 0 Å². The van der Waals surface area contributed by atoms with Crippen LogP contribution in [0.25, 0.3) is 5.76 Å². The first-order valence-electron chi connectivity index (χ1n) is 12.2. The summed E-state index contributed by atoms with van der Waals surface area (Å²) >= 11 is 4.38. The highest BCUT2D eigenvalue weighted by atomic mass is 79.9. The van der Waals surface area contributed by atoms with Crippen molar-refractivity contribution in [2.45, 2.75) is 39.7 Å². The highest BCUT2D eigenvalue weighted by Gasteiger charge is 2.48. The van der Waals surface area contributed by atoms with Gasteiger partial charge in [-0.3, -0.25) is 14.5 Å². The second-order valence-electron chi connectivity index (χ2n) is 8.58. The lowest BCUT2D eigenvalue weighted by atomic mass is 9.95. The molecule has 2 aromatic carbocycles. The minimum Gasteiger partial charge on any atom is -0.507 e. The third-order valence-corrected chi connectivity index (χ3v) is 7.62. The van der Waals surface area contributed by atoms with E-state index < -0.39 is 23.7 Å². The number of carbonyl (C=O) groups is 3. The molecular formula is C28H27BrN2O6S. The van der Waals surface area contributed by atoms with Crippen molar-refractivity contribution in [3.63, 3.8) is 0 Å². The molecule has 1 aliphatic heterocycles. The van der Waals surface area contributed by atoms with E-state index in [2.05, 4.69) is 27.8 Å². The zero-order valence-corrected chi connectivity index (χ0v) is 23.6. The average molecular weight is 600 g/mol. The van der Waals surface area contributed by atoms with E-state index >= 15 is 0 Å². The number of rotatable bonds is 9. The second kappa shape index (κ2) is 11.9. The molecule has 1 aromatic heterocycles. The molecule has 1 unspecified atom stereocenters. The van der Waals surface area contributed by atoms with Gasteiger partial charge in [0.05, 0.1) is 30.5 Å². The lowest BCUT2D eigenvalue weighted by Crippen LogP contribution is -2.29. The molecule has 1 saturated heterocycles. The van der Waals surface area contributed by atoms with Gasteiger partial charge in [0.2, 0.25) is 0 Å². The smallest absolute Gasteiger partial charge is 0.350 e. The molecule has 0 spiro atoms. The fourth-order valence-electron chi connectivity index (χ4n) is 4.08. The summed E-state index contributed by atoms with van der Waals surface area (Å²) in [7, 11) is 0. The lowest BCUT2D eigenvalue weighted by molar-refractivity contribution is -0.132. The molecule has 8 nitrogen and oxygen atoms in total. The average Bonchev–Trinajstić information content (AvgIpc) is 3.41. The SMILES string of the molecule is CCCCOc1cccc(/C(O)=C2\C(=O)C(=O)N(c3nc(C)c(C(=O)OCC)s3)C2c2ccc(Br)cc2)c1. The highest BCUT2D eigenvalue weighted by molar-refractivity contribution is 9.10. The van der Waals surface area contributed by atoms with E-state index in [1.54, 1.807) is 62.4 Å². The number of hydrogen-bond acceptors (Lipinski definition) is 8. The van der Waals surface area contributed by atoms with Gasteiger partial charge in [-0.05, 0) is 50.1 Å². The Kier molecular flexibility index (Phi) is 8.63. The standard InChI is InChI=1S/C28H27BrN2O6S/c1-4-6-14-37-20-9-7-8-18(15-20)23(32)21-22(17-10-12-19(29)13-11-17)31(26(34)24(21)33)28-30-16(3)25(38-28)27(35)36-5-2/h7-13,15,22,32H,4-6,14H2,1-3H3/b23-21+. The van der Waals surface area contributed by atoms with Gasteiger partial charge < -0.3 is 14.6 Å². The number of aliphatic hydroxyl groups is 1. The number of ketones is 1. The predicted molar refractivity (Wildman–Crippen MR) is 149 cm³/mol. The molecule has 1 fully saturated rings. The summed E-state index contributed by atoms with van der Waals surface area (Å²) in [6.45, 7) is 6.12. The van der Waals surface area contributed by atoms with Gasteiger partial charge in [-0.15, -0.1) is 0 Å². The Morgan fingerprint density at radius 1 is 1.16 bits per heavy atom. The molecule has 0 bridgehead atoms. The van der Waals surface area contributed by atoms with Gasteiger partial charge in [-0.1, -0.05) is 64.9 Å². The van der Waals surface area contributed by atoms with E-state index in [9.17, 15) is 19.5 Å². The van der Waals surface area contributed by atoms with E-state index in [0.29, 0.717) is 29.2 Å². The van der Waals surface area contributed by atoms with Crippen LogP contribution in [0.4, 0.5) is 5.13 Å². The Balaban J connectivity index is 1.84. The van der Waals surface area contributed by atoms with Crippen molar-refractivity contribution in [3.8, 4) is 5.75 Å². The number of carbonyl (C=O) groups excluding carboxylic acids is 3. The Labute approximate surface area is 233 Å². The van der Waals surface area contributed by atoms with Crippen LogP contribution in [0, 0.1) is 6.92 Å². The van der Waals surface area contributed by atoms with Gasteiger partial charge >= 0.3 is 11.9 Å². The Bertz CT molecular complexity index is 1400. The number of amides is 1. The van der Waals surface area contributed by atoms with Crippen molar-refractivity contribution in [1.82, 2.24) is 4.98 Å². The van der Waals surface area contributed by atoms with Gasteiger partial charge in [-0.25, -0.2) is 9.78 Å². The summed E-state index contributed by atoms with van der Waals surface area (Å²) in [5.74, 6) is -2.02. The van der Waals surface area contributed by atoms with Crippen LogP contribution in [-0.2, 0) is 14.3 Å². The van der Waals surface area contributed by atoms with Gasteiger partial charge in [0.25, 0.3) is 5.78 Å². The molecule has 3 aromatic rings. The molecule has 1 N–H and O–H groups in total. The van der Waals surface area contributed by atoms with Gasteiger partial charge in [0.15, 0.2) is 5.13 Å². The van der Waals surface area contributed by atoms with E-state index in [-0.39, 0.29) is 27.9 Å². The molecule has 1 atom stereocenters. The first-order chi connectivity index (χ1) is 18.3. The zero-order valence-electron chi connectivity index (χ0n) is 21.2. The van der Waals surface area contributed by atoms with Crippen LogP contribution in [0.5, 0.6) is 5.75 Å². The molecule has 0 aliphatic carbocycles. The van der Waals surface area contributed by atoms with Crippen LogP contribution in [0.3, 0.4) is 0 Å². The fraction of sp³-hybridized carbons (Fsp3) is 0.286. The van der Waals surface area contributed by atoms with Crippen molar-refractivity contribution in [3.05, 3.63) is 80.3 Å². The minimum atomic E-state index is -0.964. The summed E-state index contributed by atoms with van der Waals surface area (Å²) in [6, 6.07) is 12.9. The first kappa shape index (κ1) is 27.5. The van der Waals surface area contributed by atoms with E-state index in [1.165, 1.54) is 4.90 Å². The fourth-order valence-corrected chi connectivity index (χ4v) is 5.34. The molecule has 1 aliphatic rings. The number of nitrogens with zero attached hydrogens (tertiary/aromatic N) is 2. The lowest BCUT2D eigenvalue weighted by Gasteiger charge is -2.23. The van der Waals surface area contributed by atoms with Crippen LogP contribution in [0.2, 0.25) is 0 Å². The van der Waals surface area contributed by atoms with Gasteiger partial charge in [-0.2, -0.15) is 0 Å². The summed E-state index contributed by atoms with van der Waals surface area (Å²) in [5, 5.41) is 11.6. The molecule has 10 heteroatoms. The largest absolute Gasteiger partial charge is 0.507 e. The quantitative estimate of drug-likeness (QED) is 0.103. The number of aliphatic hydroxyl groups excluding tert-OH is 1.